The van der Waals surface area contributed by atoms with Crippen LogP contribution in [0.25, 0.3) is 0 Å². The number of ether oxygens (including phenoxy) is 1. The molecule has 122 valence electrons. The highest BCUT2D eigenvalue weighted by Gasteiger charge is 2.19. The third-order valence-corrected chi connectivity index (χ3v) is 5.30. The number of hydrogen-bond acceptors (Lipinski definition) is 7. The lowest BCUT2D eigenvalue weighted by atomic mass is 10.2. The summed E-state index contributed by atoms with van der Waals surface area (Å²) in [4.78, 5) is 27.2. The number of nitrogens with one attached hydrogen (secondary N) is 1. The molecular formula is C14H14N2O5S2. The maximum absolute atomic E-state index is 12.3. The Bertz CT molecular complexity index is 842. The summed E-state index contributed by atoms with van der Waals surface area (Å²) in [6.07, 6.45) is 0. The second-order valence-electron chi connectivity index (χ2n) is 4.44. The van der Waals surface area contributed by atoms with Crippen molar-refractivity contribution in [1.29, 1.82) is 0 Å². The number of carbonyl (C=O) groups is 2. The van der Waals surface area contributed by atoms with E-state index < -0.39 is 21.7 Å². The fraction of sp³-hybridized carbons (Fsp3) is 0.214. The Kier molecular flexibility index (Phi) is 5.12. The van der Waals surface area contributed by atoms with E-state index >= 15 is 0 Å². The number of thiazole rings is 1. The maximum atomic E-state index is 12.3. The molecule has 1 aromatic heterocycles. The molecule has 0 aliphatic carbocycles. The van der Waals surface area contributed by atoms with Crippen LogP contribution in [0.3, 0.4) is 0 Å². The molecule has 9 heteroatoms. The molecule has 23 heavy (non-hydrogen) atoms. The second-order valence-corrected chi connectivity index (χ2v) is 7.52. The number of anilines is 1. The minimum atomic E-state index is -3.42. The first-order valence-corrected chi connectivity index (χ1v) is 9.13. The van der Waals surface area contributed by atoms with Gasteiger partial charge in [-0.2, -0.15) is 0 Å². The van der Waals surface area contributed by atoms with E-state index in [1.54, 1.807) is 12.1 Å². The Hall–Kier alpha value is -2.26. The summed E-state index contributed by atoms with van der Waals surface area (Å²) in [6.45, 7) is 2.75. The number of hydrogen-bond donors (Lipinski definition) is 1. The van der Waals surface area contributed by atoms with Gasteiger partial charge in [0.25, 0.3) is 5.91 Å². The zero-order chi connectivity index (χ0) is 17.0. The number of aromatic nitrogens is 1. The fourth-order valence-corrected chi connectivity index (χ4v) is 3.55. The fourth-order valence-electron chi connectivity index (χ4n) is 1.67. The van der Waals surface area contributed by atoms with Crippen molar-refractivity contribution in [2.45, 2.75) is 18.9 Å². The van der Waals surface area contributed by atoms with E-state index in [0.29, 0.717) is 0 Å². The van der Waals surface area contributed by atoms with Gasteiger partial charge in [-0.1, -0.05) is 19.1 Å². The van der Waals surface area contributed by atoms with E-state index in [1.165, 1.54) is 31.4 Å². The van der Waals surface area contributed by atoms with Crippen LogP contribution >= 0.6 is 11.3 Å². The molecular weight excluding hydrogens is 340 g/mol. The molecule has 2 aromatic rings. The molecule has 0 atom stereocenters. The lowest BCUT2D eigenvalue weighted by Crippen LogP contribution is -2.15. The van der Waals surface area contributed by atoms with Crippen LogP contribution in [-0.2, 0) is 14.6 Å². The number of amides is 1. The van der Waals surface area contributed by atoms with Gasteiger partial charge in [0.05, 0.1) is 11.3 Å². The van der Waals surface area contributed by atoms with E-state index in [2.05, 4.69) is 10.3 Å². The van der Waals surface area contributed by atoms with Crippen LogP contribution < -0.4 is 10.1 Å². The molecule has 0 aliphatic heterocycles. The largest absolute Gasteiger partial charge is 0.426 e. The first-order valence-electron chi connectivity index (χ1n) is 6.60. The molecule has 0 fully saturated rings. The molecule has 0 unspecified atom stereocenters. The summed E-state index contributed by atoms with van der Waals surface area (Å²) in [5, 5.41) is 3.95. The SMILES string of the molecule is CCS(=O)(=O)c1csc(NC(=O)c2ccccc2OC(C)=O)n1. The Morgan fingerprint density at radius 2 is 2.00 bits per heavy atom. The van der Waals surface area contributed by atoms with E-state index in [-0.39, 0.29) is 27.2 Å². The van der Waals surface area contributed by atoms with E-state index in [9.17, 15) is 18.0 Å². The van der Waals surface area contributed by atoms with Gasteiger partial charge >= 0.3 is 5.97 Å². The van der Waals surface area contributed by atoms with Crippen LogP contribution in [0.5, 0.6) is 5.75 Å². The molecule has 7 nitrogen and oxygen atoms in total. The number of esters is 1. The van der Waals surface area contributed by atoms with Gasteiger partial charge in [0.2, 0.25) is 0 Å². The molecule has 0 spiro atoms. The van der Waals surface area contributed by atoms with Crippen LogP contribution in [0.15, 0.2) is 34.7 Å². The van der Waals surface area contributed by atoms with Crippen LogP contribution in [0, 0.1) is 0 Å². The number of carbonyl (C=O) groups excluding carboxylic acids is 2. The average molecular weight is 354 g/mol. The quantitative estimate of drug-likeness (QED) is 0.652. The number of sulfone groups is 1. The third-order valence-electron chi connectivity index (χ3n) is 2.79. The van der Waals surface area contributed by atoms with Gasteiger partial charge in [0, 0.05) is 12.3 Å². The first-order chi connectivity index (χ1) is 10.8. The van der Waals surface area contributed by atoms with Crippen molar-refractivity contribution in [3.8, 4) is 5.75 Å². The highest BCUT2D eigenvalue weighted by atomic mass is 32.2. The number of rotatable bonds is 5. The summed E-state index contributed by atoms with van der Waals surface area (Å²) in [7, 11) is -3.42. The smallest absolute Gasteiger partial charge is 0.308 e. The lowest BCUT2D eigenvalue weighted by Gasteiger charge is -2.07. The Morgan fingerprint density at radius 1 is 1.30 bits per heavy atom. The number of nitrogens with zero attached hydrogens (tertiary/aromatic N) is 1. The second kappa shape index (κ2) is 6.88. The molecule has 1 amide bonds. The first kappa shape index (κ1) is 17.1. The van der Waals surface area contributed by atoms with Crippen molar-refractivity contribution in [3.05, 3.63) is 35.2 Å². The van der Waals surface area contributed by atoms with Crippen LogP contribution in [0.2, 0.25) is 0 Å². The maximum Gasteiger partial charge on any atom is 0.308 e. The van der Waals surface area contributed by atoms with Gasteiger partial charge < -0.3 is 4.74 Å². The molecule has 1 N–H and O–H groups in total. The van der Waals surface area contributed by atoms with Crippen LogP contribution in [0.1, 0.15) is 24.2 Å². The van der Waals surface area contributed by atoms with E-state index in [1.807, 2.05) is 0 Å². The molecule has 1 aromatic carbocycles. The normalized spacial score (nSPS) is 11.0. The highest BCUT2D eigenvalue weighted by Crippen LogP contribution is 2.23. The van der Waals surface area contributed by atoms with Crippen molar-refractivity contribution in [2.24, 2.45) is 0 Å². The third kappa shape index (κ3) is 4.14. The summed E-state index contributed by atoms with van der Waals surface area (Å²) in [6, 6.07) is 6.23. The minimum Gasteiger partial charge on any atom is -0.426 e. The van der Waals surface area contributed by atoms with Crippen LogP contribution in [-0.4, -0.2) is 31.0 Å². The monoisotopic (exact) mass is 354 g/mol. The summed E-state index contributed by atoms with van der Waals surface area (Å²) in [5.74, 6) is -1.04. The molecule has 0 saturated heterocycles. The zero-order valence-electron chi connectivity index (χ0n) is 12.4. The molecule has 0 bridgehead atoms. The minimum absolute atomic E-state index is 0.0700. The van der Waals surface area contributed by atoms with Crippen molar-refractivity contribution >= 4 is 38.2 Å². The topological polar surface area (TPSA) is 102 Å². The van der Waals surface area contributed by atoms with Gasteiger partial charge in [-0.05, 0) is 12.1 Å². The molecule has 0 saturated carbocycles. The number of benzene rings is 1. The molecule has 0 aliphatic rings. The molecule has 0 radical (unpaired) electrons. The lowest BCUT2D eigenvalue weighted by molar-refractivity contribution is -0.131. The highest BCUT2D eigenvalue weighted by molar-refractivity contribution is 7.91. The Labute approximate surface area is 137 Å². The Morgan fingerprint density at radius 3 is 2.65 bits per heavy atom. The van der Waals surface area contributed by atoms with Gasteiger partial charge in [0.15, 0.2) is 20.0 Å². The number of para-hydroxylation sites is 1. The van der Waals surface area contributed by atoms with Gasteiger partial charge in [0.1, 0.15) is 5.75 Å². The van der Waals surface area contributed by atoms with Gasteiger partial charge in [-0.15, -0.1) is 11.3 Å². The Balaban J connectivity index is 2.22. The zero-order valence-corrected chi connectivity index (χ0v) is 14.0. The predicted molar refractivity (Wildman–Crippen MR) is 85.5 cm³/mol. The van der Waals surface area contributed by atoms with Crippen molar-refractivity contribution in [2.75, 3.05) is 11.1 Å². The van der Waals surface area contributed by atoms with Crippen LogP contribution in [0.4, 0.5) is 5.13 Å². The van der Waals surface area contributed by atoms with Gasteiger partial charge in [-0.25, -0.2) is 13.4 Å². The average Bonchev–Trinajstić information content (AvgIpc) is 2.96. The van der Waals surface area contributed by atoms with E-state index in [0.717, 1.165) is 11.3 Å². The summed E-state index contributed by atoms with van der Waals surface area (Å²) < 4.78 is 28.4. The predicted octanol–water partition coefficient (Wildman–Crippen LogP) is 2.11. The van der Waals surface area contributed by atoms with Crippen molar-refractivity contribution in [3.63, 3.8) is 0 Å². The van der Waals surface area contributed by atoms with Crippen molar-refractivity contribution < 1.29 is 22.7 Å². The summed E-state index contributed by atoms with van der Waals surface area (Å²) >= 11 is 1.00. The summed E-state index contributed by atoms with van der Waals surface area (Å²) in [5.41, 5.74) is 0.151. The molecule has 1 heterocycles. The van der Waals surface area contributed by atoms with E-state index in [4.69, 9.17) is 4.74 Å². The molecule has 2 rings (SSSR count). The van der Waals surface area contributed by atoms with Gasteiger partial charge in [-0.3, -0.25) is 14.9 Å². The van der Waals surface area contributed by atoms with Crippen molar-refractivity contribution in [1.82, 2.24) is 4.98 Å². The standard InChI is InChI=1S/C14H14N2O5S2/c1-3-23(19,20)12-8-22-14(15-12)16-13(18)10-6-4-5-7-11(10)21-9(2)17/h4-8H,3H2,1-2H3,(H,15,16,18).